The van der Waals surface area contributed by atoms with Crippen molar-refractivity contribution in [3.05, 3.63) is 70.8 Å². The second-order valence-electron chi connectivity index (χ2n) is 4.35. The highest BCUT2D eigenvalue weighted by atomic mass is 32.1. The lowest BCUT2D eigenvalue weighted by atomic mass is 10.1. The zero-order valence-corrected chi connectivity index (χ0v) is 13.5. The molecule has 5 heteroatoms. The van der Waals surface area contributed by atoms with Gasteiger partial charge in [-0.2, -0.15) is 0 Å². The van der Waals surface area contributed by atoms with E-state index >= 15 is 0 Å². The molecule has 22 heavy (non-hydrogen) atoms. The first kappa shape index (κ1) is 19.5. The Balaban J connectivity index is 0.000000326. The minimum atomic E-state index is 0.000000000000000222. The molecule has 0 radical (unpaired) electrons. The summed E-state index contributed by atoms with van der Waals surface area (Å²) in [4.78, 5) is 20.5. The molecule has 0 fully saturated rings. The molecular formula is C17H20N2O2S. The van der Waals surface area contributed by atoms with Crippen molar-refractivity contribution >= 4 is 29.9 Å². The Morgan fingerprint density at radius 1 is 0.818 bits per heavy atom. The van der Waals surface area contributed by atoms with Gasteiger partial charge in [-0.15, -0.1) is 0 Å². The van der Waals surface area contributed by atoms with Gasteiger partial charge in [0.25, 0.3) is 0 Å². The average molecular weight is 316 g/mol. The normalized spacial score (nSPS) is 8.45. The zero-order valence-electron chi connectivity index (χ0n) is 12.7. The minimum absolute atomic E-state index is 0.000000000000000222. The number of rotatable bonds is 2. The molecule has 0 saturated carbocycles. The van der Waals surface area contributed by atoms with Crippen molar-refractivity contribution in [1.29, 1.82) is 0 Å². The van der Waals surface area contributed by atoms with Gasteiger partial charge in [0.05, 0.1) is 0 Å². The van der Waals surface area contributed by atoms with E-state index in [0.29, 0.717) is 0 Å². The van der Waals surface area contributed by atoms with Crippen molar-refractivity contribution in [2.45, 2.75) is 13.8 Å². The van der Waals surface area contributed by atoms with Crippen molar-refractivity contribution in [3.8, 4) is 0 Å². The van der Waals surface area contributed by atoms with Crippen molar-refractivity contribution in [3.63, 3.8) is 0 Å². The topological polar surface area (TPSA) is 86.2 Å². The number of aldehydes is 2. The Kier molecular flexibility index (Phi) is 9.88. The maximum Gasteiger partial charge on any atom is 0.160 e. The van der Waals surface area contributed by atoms with Crippen LogP contribution in [0.5, 0.6) is 0 Å². The van der Waals surface area contributed by atoms with Gasteiger partial charge in [-0.25, -0.2) is 0 Å². The fraction of sp³-hybridized carbons (Fsp3) is 0.118. The predicted molar refractivity (Wildman–Crippen MR) is 94.1 cm³/mol. The molecule has 0 saturated heterocycles. The molecule has 0 bridgehead atoms. The van der Waals surface area contributed by atoms with Crippen molar-refractivity contribution < 1.29 is 9.59 Å². The molecule has 2 aromatic carbocycles. The minimum Gasteiger partial charge on any atom is -0.377 e. The molecule has 2 rings (SSSR count). The second kappa shape index (κ2) is 11.2. The molecule has 4 N–H and O–H groups in total. The lowest BCUT2D eigenvalue weighted by Crippen LogP contribution is -2.18. The van der Waals surface area contributed by atoms with Gasteiger partial charge in [-0.05, 0) is 37.2 Å². The smallest absolute Gasteiger partial charge is 0.160 e. The van der Waals surface area contributed by atoms with Crippen LogP contribution in [0.25, 0.3) is 0 Å². The summed E-state index contributed by atoms with van der Waals surface area (Å²) in [6.07, 6.45) is 1.74. The van der Waals surface area contributed by atoms with Gasteiger partial charge in [-0.1, -0.05) is 48.5 Å². The molecule has 0 heterocycles. The highest BCUT2D eigenvalue weighted by Crippen LogP contribution is 2.02. The van der Waals surface area contributed by atoms with E-state index in [-0.39, 0.29) is 5.11 Å². The number of nitrogens with two attached hydrogens (primary N) is 2. The fourth-order valence-electron chi connectivity index (χ4n) is 1.44. The number of aryl methyl sites for hydroxylation is 2. The Morgan fingerprint density at radius 2 is 1.09 bits per heavy atom. The third kappa shape index (κ3) is 8.60. The summed E-state index contributed by atoms with van der Waals surface area (Å²) in [5.74, 6) is 0. The van der Waals surface area contributed by atoms with Crippen molar-refractivity contribution in [1.82, 2.24) is 0 Å². The first-order valence-corrected chi connectivity index (χ1v) is 6.89. The number of hydrogen-bond acceptors (Lipinski definition) is 3. The molecule has 2 aromatic rings. The Labute approximate surface area is 136 Å². The van der Waals surface area contributed by atoms with Crippen LogP contribution in [0.2, 0.25) is 0 Å². The van der Waals surface area contributed by atoms with Crippen molar-refractivity contribution in [2.24, 2.45) is 11.5 Å². The number of hydrogen-bond donors (Lipinski definition) is 2. The number of carbonyl (C=O) groups is 2. The van der Waals surface area contributed by atoms with E-state index in [1.165, 1.54) is 0 Å². The van der Waals surface area contributed by atoms with E-state index in [4.69, 9.17) is 0 Å². The molecule has 0 atom stereocenters. The largest absolute Gasteiger partial charge is 0.377 e. The molecule has 0 aliphatic carbocycles. The van der Waals surface area contributed by atoms with E-state index in [2.05, 4.69) is 23.7 Å². The van der Waals surface area contributed by atoms with Crippen LogP contribution in [0.15, 0.2) is 48.5 Å². The second-order valence-corrected chi connectivity index (χ2v) is 4.82. The highest BCUT2D eigenvalue weighted by Gasteiger charge is 1.90. The van der Waals surface area contributed by atoms with Crippen LogP contribution in [-0.2, 0) is 0 Å². The van der Waals surface area contributed by atoms with Gasteiger partial charge in [0.15, 0.2) is 5.11 Å². The SMILES string of the molecule is Cc1ccccc1C=O.Cc1ccccc1C=O.NC(N)=S. The van der Waals surface area contributed by atoms with Gasteiger partial charge in [0.1, 0.15) is 12.6 Å². The van der Waals surface area contributed by atoms with Gasteiger partial charge in [0, 0.05) is 11.1 Å². The molecule has 0 aromatic heterocycles. The summed E-state index contributed by atoms with van der Waals surface area (Å²) in [7, 11) is 0. The Bertz CT molecular complexity index is 574. The standard InChI is InChI=1S/2C8H8O.CH4N2S/c2*1-7-4-2-3-5-8(7)6-9;2-1(3)4/h2*2-6H,1H3;(H4,2,3,4). The van der Waals surface area contributed by atoms with E-state index in [0.717, 1.165) is 34.8 Å². The van der Waals surface area contributed by atoms with Crippen LogP contribution in [0.1, 0.15) is 31.8 Å². The first-order valence-electron chi connectivity index (χ1n) is 6.48. The van der Waals surface area contributed by atoms with Crippen molar-refractivity contribution in [2.75, 3.05) is 0 Å². The van der Waals surface area contributed by atoms with Crippen LogP contribution < -0.4 is 11.5 Å². The lowest BCUT2D eigenvalue weighted by Gasteiger charge is -1.92. The zero-order chi connectivity index (χ0) is 17.0. The summed E-state index contributed by atoms with van der Waals surface area (Å²) in [5, 5.41) is 0.000000000000000222. The monoisotopic (exact) mass is 316 g/mol. The molecule has 0 spiro atoms. The molecule has 0 aliphatic rings. The third-order valence-corrected chi connectivity index (χ3v) is 2.63. The average Bonchev–Trinajstić information content (AvgIpc) is 2.48. The maximum absolute atomic E-state index is 10.2. The van der Waals surface area contributed by atoms with E-state index in [9.17, 15) is 9.59 Å². The van der Waals surface area contributed by atoms with Gasteiger partial charge >= 0.3 is 0 Å². The van der Waals surface area contributed by atoms with E-state index in [1.54, 1.807) is 0 Å². The third-order valence-electron chi connectivity index (χ3n) is 2.63. The number of carbonyl (C=O) groups excluding carboxylic acids is 2. The number of benzene rings is 2. The predicted octanol–water partition coefficient (Wildman–Crippen LogP) is 2.80. The van der Waals surface area contributed by atoms with Gasteiger partial charge < -0.3 is 11.5 Å². The summed E-state index contributed by atoms with van der Waals surface area (Å²) in [6, 6.07) is 15.0. The number of thiocarbonyl (C=S) groups is 1. The molecule has 0 unspecified atom stereocenters. The summed E-state index contributed by atoms with van der Waals surface area (Å²) in [6.45, 7) is 3.84. The summed E-state index contributed by atoms with van der Waals surface area (Å²) < 4.78 is 0. The maximum atomic E-state index is 10.2. The molecular weight excluding hydrogens is 296 g/mol. The molecule has 4 nitrogen and oxygen atoms in total. The fourth-order valence-corrected chi connectivity index (χ4v) is 1.44. The van der Waals surface area contributed by atoms with E-state index in [1.807, 2.05) is 62.4 Å². The van der Waals surface area contributed by atoms with Crippen LogP contribution in [0.4, 0.5) is 0 Å². The van der Waals surface area contributed by atoms with Gasteiger partial charge in [0.2, 0.25) is 0 Å². The molecule has 0 amide bonds. The summed E-state index contributed by atoms with van der Waals surface area (Å²) in [5.41, 5.74) is 12.9. The van der Waals surface area contributed by atoms with Gasteiger partial charge in [-0.3, -0.25) is 9.59 Å². The van der Waals surface area contributed by atoms with Crippen LogP contribution >= 0.6 is 12.2 Å². The first-order chi connectivity index (χ1) is 10.4. The van der Waals surface area contributed by atoms with Crippen LogP contribution in [0, 0.1) is 13.8 Å². The van der Waals surface area contributed by atoms with Crippen LogP contribution in [0.3, 0.4) is 0 Å². The van der Waals surface area contributed by atoms with E-state index < -0.39 is 0 Å². The Morgan fingerprint density at radius 3 is 1.27 bits per heavy atom. The summed E-state index contributed by atoms with van der Waals surface area (Å²) >= 11 is 4.09. The lowest BCUT2D eigenvalue weighted by molar-refractivity contribution is 0.111. The quantitative estimate of drug-likeness (QED) is 0.657. The highest BCUT2D eigenvalue weighted by molar-refractivity contribution is 7.80. The van der Waals surface area contributed by atoms with Crippen LogP contribution in [-0.4, -0.2) is 17.7 Å². The molecule has 0 aliphatic heterocycles. The Hall–Kier alpha value is -2.53. The molecule has 116 valence electrons.